The average Bonchev–Trinajstić information content (AvgIpc) is 3.14. The topological polar surface area (TPSA) is 59.7 Å². The van der Waals surface area contributed by atoms with E-state index in [0.717, 1.165) is 58.8 Å². The Balaban J connectivity index is 1.52. The number of aromatic nitrogens is 3. The summed E-state index contributed by atoms with van der Waals surface area (Å²) in [6.45, 7) is 0. The van der Waals surface area contributed by atoms with Crippen LogP contribution in [0.4, 0.5) is 8.78 Å². The van der Waals surface area contributed by atoms with E-state index in [1.165, 1.54) is 22.7 Å². The highest BCUT2D eigenvalue weighted by atomic mass is 32.2. The quantitative estimate of drug-likeness (QED) is 0.477. The molecule has 0 spiro atoms. The molecule has 8 heteroatoms. The zero-order valence-corrected chi connectivity index (χ0v) is 16.8. The second-order valence-electron chi connectivity index (χ2n) is 7.03. The van der Waals surface area contributed by atoms with Gasteiger partial charge in [0.2, 0.25) is 5.88 Å². The molecule has 1 aliphatic rings. The minimum atomic E-state index is -0.883. The molecule has 2 aromatic heterocycles. The molecule has 0 radical (unpaired) electrons. The molecule has 1 aliphatic carbocycles. The smallest absolute Gasteiger partial charge is 0.215 e. The van der Waals surface area contributed by atoms with E-state index in [2.05, 4.69) is 10.1 Å². The molecule has 0 saturated heterocycles. The Hall–Kier alpha value is -3.13. The molecule has 5 rings (SSSR count). The summed E-state index contributed by atoms with van der Waals surface area (Å²) >= 11 is 1.13. The highest BCUT2D eigenvalue weighted by Gasteiger charge is 2.24. The monoisotopic (exact) mass is 425 g/mol. The van der Waals surface area contributed by atoms with Gasteiger partial charge >= 0.3 is 0 Å². The number of hydrogen-bond donors (Lipinski definition) is 1. The van der Waals surface area contributed by atoms with Gasteiger partial charge in [-0.2, -0.15) is 9.61 Å². The van der Waals surface area contributed by atoms with Gasteiger partial charge in [-0.1, -0.05) is 6.07 Å². The van der Waals surface area contributed by atoms with Crippen LogP contribution in [0.25, 0.3) is 16.9 Å². The summed E-state index contributed by atoms with van der Waals surface area (Å²) < 4.78 is 34.1. The number of aryl methyl sites for hydroxylation is 2. The van der Waals surface area contributed by atoms with Crippen molar-refractivity contribution in [2.75, 3.05) is 7.11 Å². The molecule has 0 saturated carbocycles. The Kier molecular flexibility index (Phi) is 4.58. The maximum atomic E-state index is 13.9. The number of methoxy groups -OCH3 is 1. The van der Waals surface area contributed by atoms with Crippen LogP contribution < -0.4 is 4.74 Å². The van der Waals surface area contributed by atoms with Crippen LogP contribution in [-0.4, -0.2) is 26.8 Å². The molecular weight excluding hydrogens is 408 g/mol. The van der Waals surface area contributed by atoms with Crippen molar-refractivity contribution in [2.24, 2.45) is 0 Å². The van der Waals surface area contributed by atoms with Crippen LogP contribution in [0.2, 0.25) is 0 Å². The molecule has 152 valence electrons. The fourth-order valence-electron chi connectivity index (χ4n) is 3.76. The van der Waals surface area contributed by atoms with Gasteiger partial charge in [-0.3, -0.25) is 0 Å². The lowest BCUT2D eigenvalue weighted by molar-refractivity contribution is 0.414. The largest absolute Gasteiger partial charge is 0.497 e. The van der Waals surface area contributed by atoms with Gasteiger partial charge in [0, 0.05) is 27.8 Å². The Bertz CT molecular complexity index is 1290. The lowest BCUT2D eigenvalue weighted by atomic mass is 9.90. The van der Waals surface area contributed by atoms with E-state index in [1.807, 2.05) is 18.2 Å². The van der Waals surface area contributed by atoms with Crippen molar-refractivity contribution in [3.8, 4) is 22.9 Å². The van der Waals surface area contributed by atoms with E-state index in [4.69, 9.17) is 4.74 Å². The van der Waals surface area contributed by atoms with Crippen LogP contribution in [-0.2, 0) is 18.6 Å². The first-order chi connectivity index (χ1) is 14.5. The first kappa shape index (κ1) is 18.9. The molecule has 0 aliphatic heterocycles. The molecule has 4 aromatic rings. The molecular formula is C22H17F2N3O2S. The predicted molar refractivity (Wildman–Crippen MR) is 110 cm³/mol. The van der Waals surface area contributed by atoms with Gasteiger partial charge < -0.3 is 9.84 Å². The predicted octanol–water partition coefficient (Wildman–Crippen LogP) is 4.78. The molecule has 2 aromatic carbocycles. The number of hydrogen-bond acceptors (Lipinski definition) is 5. The van der Waals surface area contributed by atoms with Crippen molar-refractivity contribution in [1.29, 1.82) is 0 Å². The first-order valence-corrected chi connectivity index (χ1v) is 10.4. The lowest BCUT2D eigenvalue weighted by Gasteiger charge is -2.15. The number of rotatable bonds is 4. The molecule has 0 amide bonds. The van der Waals surface area contributed by atoms with Crippen molar-refractivity contribution in [3.05, 3.63) is 70.9 Å². The van der Waals surface area contributed by atoms with E-state index < -0.39 is 11.6 Å². The number of benzene rings is 2. The number of thioether (sulfide) groups is 1. The highest BCUT2D eigenvalue weighted by molar-refractivity contribution is 7.98. The standard InChI is InChI=1S/C22H17F2N3O2S/c1-29-14-6-8-15-12(9-14)5-7-16-21(15)26-27-19(28)10-13(25-22(16)27)11-30-18-4-2-3-17(23)20(18)24/h2-4,6,8-10,28H,5,7,11H2,1H3. The summed E-state index contributed by atoms with van der Waals surface area (Å²) in [6.07, 6.45) is 1.55. The summed E-state index contributed by atoms with van der Waals surface area (Å²) in [6, 6.07) is 11.4. The molecule has 1 N–H and O–H groups in total. The number of nitrogens with zero attached hydrogens (tertiary/aromatic N) is 3. The van der Waals surface area contributed by atoms with E-state index >= 15 is 0 Å². The Morgan fingerprint density at radius 3 is 2.87 bits per heavy atom. The lowest BCUT2D eigenvalue weighted by Crippen LogP contribution is -2.03. The SMILES string of the molecule is COc1ccc2c(c1)CCc1c-2nn2c(O)cc(CSc3cccc(F)c3F)nc12. The van der Waals surface area contributed by atoms with E-state index in [1.54, 1.807) is 7.11 Å². The number of ether oxygens (including phenoxy) is 1. The summed E-state index contributed by atoms with van der Waals surface area (Å²) in [5, 5.41) is 15.1. The summed E-state index contributed by atoms with van der Waals surface area (Å²) in [7, 11) is 1.64. The minimum Gasteiger partial charge on any atom is -0.497 e. The van der Waals surface area contributed by atoms with Crippen LogP contribution in [0, 0.1) is 11.6 Å². The van der Waals surface area contributed by atoms with Crippen molar-refractivity contribution in [3.63, 3.8) is 0 Å². The molecule has 30 heavy (non-hydrogen) atoms. The van der Waals surface area contributed by atoms with E-state index in [0.29, 0.717) is 11.3 Å². The van der Waals surface area contributed by atoms with E-state index in [-0.39, 0.29) is 16.5 Å². The maximum Gasteiger partial charge on any atom is 0.215 e. The normalized spacial score (nSPS) is 12.6. The zero-order valence-electron chi connectivity index (χ0n) is 16.0. The number of fused-ring (bicyclic) bond motifs is 5. The Morgan fingerprint density at radius 1 is 1.17 bits per heavy atom. The molecule has 0 unspecified atom stereocenters. The van der Waals surface area contributed by atoms with Crippen LogP contribution in [0.5, 0.6) is 11.6 Å². The molecule has 0 atom stereocenters. The molecule has 0 bridgehead atoms. The average molecular weight is 425 g/mol. The van der Waals surface area contributed by atoms with Gasteiger partial charge in [0.1, 0.15) is 5.75 Å². The van der Waals surface area contributed by atoms with Crippen molar-refractivity contribution >= 4 is 17.4 Å². The van der Waals surface area contributed by atoms with Gasteiger partial charge in [0.15, 0.2) is 17.3 Å². The van der Waals surface area contributed by atoms with Gasteiger partial charge in [0.05, 0.1) is 18.5 Å². The van der Waals surface area contributed by atoms with Gasteiger partial charge in [-0.15, -0.1) is 11.8 Å². The van der Waals surface area contributed by atoms with Gasteiger partial charge in [0.25, 0.3) is 0 Å². The third-order valence-electron chi connectivity index (χ3n) is 5.22. The summed E-state index contributed by atoms with van der Waals surface area (Å²) in [5.74, 6) is -0.711. The van der Waals surface area contributed by atoms with Crippen LogP contribution in [0.1, 0.15) is 16.8 Å². The van der Waals surface area contributed by atoms with Crippen LogP contribution in [0.3, 0.4) is 0 Å². The summed E-state index contributed by atoms with van der Waals surface area (Å²) in [4.78, 5) is 4.87. The maximum absolute atomic E-state index is 13.9. The third kappa shape index (κ3) is 3.08. The molecule has 0 fully saturated rings. The van der Waals surface area contributed by atoms with Crippen molar-refractivity contribution in [2.45, 2.75) is 23.5 Å². The van der Waals surface area contributed by atoms with Crippen LogP contribution >= 0.6 is 11.8 Å². The fourth-order valence-corrected chi connectivity index (χ4v) is 4.61. The van der Waals surface area contributed by atoms with Crippen molar-refractivity contribution in [1.82, 2.24) is 14.6 Å². The Labute approximate surface area is 175 Å². The number of aromatic hydroxyl groups is 1. The first-order valence-electron chi connectivity index (χ1n) is 9.39. The molecule has 5 nitrogen and oxygen atoms in total. The van der Waals surface area contributed by atoms with Gasteiger partial charge in [-0.05, 0) is 48.7 Å². The molecule has 2 heterocycles. The zero-order chi connectivity index (χ0) is 20.8. The minimum absolute atomic E-state index is 0.0419. The van der Waals surface area contributed by atoms with E-state index in [9.17, 15) is 13.9 Å². The van der Waals surface area contributed by atoms with Gasteiger partial charge in [-0.25, -0.2) is 13.8 Å². The second-order valence-corrected chi connectivity index (χ2v) is 8.05. The third-order valence-corrected chi connectivity index (χ3v) is 6.29. The fraction of sp³-hybridized carbons (Fsp3) is 0.182. The van der Waals surface area contributed by atoms with Crippen molar-refractivity contribution < 1.29 is 18.6 Å². The van der Waals surface area contributed by atoms with Crippen LogP contribution in [0.15, 0.2) is 47.4 Å². The number of halogens is 2. The summed E-state index contributed by atoms with van der Waals surface area (Å²) in [5.41, 5.74) is 5.05. The Morgan fingerprint density at radius 2 is 2.03 bits per heavy atom. The highest BCUT2D eigenvalue weighted by Crippen LogP contribution is 2.37. The second kappa shape index (κ2) is 7.28.